The number of hydrogen-bond donors (Lipinski definition) is 2. The Kier molecular flexibility index (Phi) is 4.93. The summed E-state index contributed by atoms with van der Waals surface area (Å²) in [6, 6.07) is 0. The number of carboxylic acids is 1. The third-order valence-corrected chi connectivity index (χ3v) is 9.64. The van der Waals surface area contributed by atoms with Gasteiger partial charge in [-0.05, 0) is 91.8 Å². The Morgan fingerprint density at radius 2 is 1.85 bits per heavy atom. The van der Waals surface area contributed by atoms with Crippen molar-refractivity contribution < 1.29 is 19.8 Å². The summed E-state index contributed by atoms with van der Waals surface area (Å²) in [5, 5.41) is 20.1. The van der Waals surface area contributed by atoms with E-state index >= 15 is 0 Å². The molecule has 0 aromatic carbocycles. The second kappa shape index (κ2) is 6.86. The van der Waals surface area contributed by atoms with Crippen molar-refractivity contribution >= 4 is 11.8 Å². The highest BCUT2D eigenvalue weighted by molar-refractivity contribution is 5.79. The Morgan fingerprint density at radius 1 is 1.11 bits per heavy atom. The Balaban J connectivity index is 1.53. The van der Waals surface area contributed by atoms with Gasteiger partial charge in [0.05, 0.1) is 6.10 Å². The summed E-state index contributed by atoms with van der Waals surface area (Å²) in [7, 11) is 0. The van der Waals surface area contributed by atoms with E-state index < -0.39 is 5.97 Å². The SMILES string of the molecule is CC12CCC3C(C(O)CC4CC(=O)CCC43C)C1CCC2CCCC(=O)O. The normalized spacial score (nSPS) is 49.2. The van der Waals surface area contributed by atoms with Crippen LogP contribution in [0.4, 0.5) is 0 Å². The van der Waals surface area contributed by atoms with Crippen molar-refractivity contribution in [2.75, 3.05) is 0 Å². The predicted octanol–water partition coefficient (Wildman–Crippen LogP) is 4.44. The van der Waals surface area contributed by atoms with Crippen LogP contribution in [0.25, 0.3) is 0 Å². The Morgan fingerprint density at radius 3 is 2.59 bits per heavy atom. The molecular formula is C23H36O4. The van der Waals surface area contributed by atoms with Gasteiger partial charge in [-0.25, -0.2) is 0 Å². The van der Waals surface area contributed by atoms with E-state index in [4.69, 9.17) is 5.11 Å². The molecule has 4 fully saturated rings. The molecule has 2 N–H and O–H groups in total. The number of fused-ring (bicyclic) bond motifs is 5. The van der Waals surface area contributed by atoms with E-state index in [0.717, 1.165) is 32.1 Å². The lowest BCUT2D eigenvalue weighted by atomic mass is 9.44. The number of aliphatic hydroxyl groups is 1. The molecule has 0 amide bonds. The molecule has 27 heavy (non-hydrogen) atoms. The zero-order valence-electron chi connectivity index (χ0n) is 17.0. The molecule has 4 aliphatic rings. The maximum Gasteiger partial charge on any atom is 0.303 e. The number of carboxylic acid groups (broad SMARTS) is 1. The molecule has 4 saturated carbocycles. The van der Waals surface area contributed by atoms with Gasteiger partial charge in [0.15, 0.2) is 0 Å². The van der Waals surface area contributed by atoms with Gasteiger partial charge in [0.2, 0.25) is 0 Å². The fourth-order valence-electron chi connectivity index (χ4n) is 8.10. The number of aliphatic hydroxyl groups excluding tert-OH is 1. The predicted molar refractivity (Wildman–Crippen MR) is 103 cm³/mol. The number of carbonyl (C=O) groups is 2. The lowest BCUT2D eigenvalue weighted by molar-refractivity contribution is -0.167. The quantitative estimate of drug-likeness (QED) is 0.761. The molecule has 0 aromatic heterocycles. The fraction of sp³-hybridized carbons (Fsp3) is 0.913. The molecule has 4 heteroatoms. The van der Waals surface area contributed by atoms with Crippen molar-refractivity contribution in [2.45, 2.75) is 90.6 Å². The highest BCUT2D eigenvalue weighted by Gasteiger charge is 2.62. The molecule has 0 bridgehead atoms. The summed E-state index contributed by atoms with van der Waals surface area (Å²) >= 11 is 0. The van der Waals surface area contributed by atoms with E-state index in [1.807, 2.05) is 0 Å². The first-order chi connectivity index (χ1) is 12.8. The average molecular weight is 377 g/mol. The third kappa shape index (κ3) is 3.07. The van der Waals surface area contributed by atoms with E-state index in [0.29, 0.717) is 41.8 Å². The van der Waals surface area contributed by atoms with E-state index in [2.05, 4.69) is 13.8 Å². The summed E-state index contributed by atoms with van der Waals surface area (Å²) in [5.41, 5.74) is 0.481. The molecule has 0 saturated heterocycles. The molecule has 8 atom stereocenters. The van der Waals surface area contributed by atoms with Crippen LogP contribution in [0, 0.1) is 40.4 Å². The first kappa shape index (κ1) is 19.4. The molecule has 0 aromatic rings. The van der Waals surface area contributed by atoms with Crippen LogP contribution in [-0.4, -0.2) is 28.1 Å². The second-order valence-corrected chi connectivity index (χ2v) is 10.6. The molecule has 0 radical (unpaired) electrons. The molecule has 0 spiro atoms. The topological polar surface area (TPSA) is 74.6 Å². The van der Waals surface area contributed by atoms with Gasteiger partial charge in [0.25, 0.3) is 0 Å². The monoisotopic (exact) mass is 376 g/mol. The van der Waals surface area contributed by atoms with Gasteiger partial charge in [-0.2, -0.15) is 0 Å². The maximum absolute atomic E-state index is 12.0. The molecular weight excluding hydrogens is 340 g/mol. The van der Waals surface area contributed by atoms with Gasteiger partial charge >= 0.3 is 5.97 Å². The molecule has 0 heterocycles. The lowest BCUT2D eigenvalue weighted by Crippen LogP contribution is -2.58. The van der Waals surface area contributed by atoms with E-state index in [9.17, 15) is 14.7 Å². The minimum atomic E-state index is -0.688. The largest absolute Gasteiger partial charge is 0.481 e. The molecule has 4 nitrogen and oxygen atoms in total. The molecule has 4 rings (SSSR count). The van der Waals surface area contributed by atoms with E-state index in [1.54, 1.807) is 0 Å². The first-order valence-corrected chi connectivity index (χ1v) is 11.2. The number of ketones is 1. The highest BCUT2D eigenvalue weighted by Crippen LogP contribution is 2.67. The maximum atomic E-state index is 12.0. The van der Waals surface area contributed by atoms with Gasteiger partial charge in [0.1, 0.15) is 5.78 Å². The summed E-state index contributed by atoms with van der Waals surface area (Å²) in [6.07, 6.45) is 9.79. The van der Waals surface area contributed by atoms with Crippen LogP contribution in [0.2, 0.25) is 0 Å². The Bertz CT molecular complexity index is 615. The minimum absolute atomic E-state index is 0.223. The van der Waals surface area contributed by atoms with Crippen LogP contribution in [0.15, 0.2) is 0 Å². The van der Waals surface area contributed by atoms with Crippen molar-refractivity contribution in [3.05, 3.63) is 0 Å². The van der Waals surface area contributed by atoms with Gasteiger partial charge < -0.3 is 10.2 Å². The van der Waals surface area contributed by atoms with Crippen LogP contribution in [0.5, 0.6) is 0 Å². The van der Waals surface area contributed by atoms with Crippen molar-refractivity contribution in [3.8, 4) is 0 Å². The van der Waals surface area contributed by atoms with Crippen LogP contribution in [-0.2, 0) is 9.59 Å². The number of Topliss-reactive ketones (excluding diaryl/α,β-unsaturated/α-hetero) is 1. The zero-order chi connectivity index (χ0) is 19.4. The number of rotatable bonds is 4. The van der Waals surface area contributed by atoms with Crippen molar-refractivity contribution in [2.24, 2.45) is 40.4 Å². The summed E-state index contributed by atoms with van der Waals surface area (Å²) < 4.78 is 0. The summed E-state index contributed by atoms with van der Waals surface area (Å²) in [5.74, 6) is 2.17. The first-order valence-electron chi connectivity index (χ1n) is 11.2. The van der Waals surface area contributed by atoms with Gasteiger partial charge in [-0.1, -0.05) is 13.8 Å². The lowest BCUT2D eigenvalue weighted by Gasteiger charge is -2.61. The van der Waals surface area contributed by atoms with Gasteiger partial charge in [-0.15, -0.1) is 0 Å². The highest BCUT2D eigenvalue weighted by atomic mass is 16.4. The number of carbonyl (C=O) groups excluding carboxylic acids is 1. The summed E-state index contributed by atoms with van der Waals surface area (Å²) in [6.45, 7) is 4.84. The van der Waals surface area contributed by atoms with E-state index in [1.165, 1.54) is 25.7 Å². The molecule has 4 aliphatic carbocycles. The third-order valence-electron chi connectivity index (χ3n) is 9.64. The van der Waals surface area contributed by atoms with Crippen LogP contribution >= 0.6 is 0 Å². The number of hydrogen-bond acceptors (Lipinski definition) is 3. The standard InChI is InChI=1S/C23H36O4/c1-22-11-9-18-21(17(22)7-6-14(22)4-3-5-20(26)27)19(25)13-15-12-16(24)8-10-23(15,18)2/h14-15,17-19,21,25H,3-13H2,1-2H3,(H,26,27). The summed E-state index contributed by atoms with van der Waals surface area (Å²) in [4.78, 5) is 22.9. The van der Waals surface area contributed by atoms with Crippen LogP contribution < -0.4 is 0 Å². The smallest absolute Gasteiger partial charge is 0.303 e. The fourth-order valence-corrected chi connectivity index (χ4v) is 8.10. The van der Waals surface area contributed by atoms with Gasteiger partial charge in [-0.3, -0.25) is 9.59 Å². The van der Waals surface area contributed by atoms with Gasteiger partial charge in [0, 0.05) is 19.3 Å². The van der Waals surface area contributed by atoms with Crippen LogP contribution in [0.3, 0.4) is 0 Å². The number of aliphatic carboxylic acids is 1. The molecule has 152 valence electrons. The van der Waals surface area contributed by atoms with Crippen molar-refractivity contribution in [3.63, 3.8) is 0 Å². The zero-order valence-corrected chi connectivity index (χ0v) is 17.0. The Hall–Kier alpha value is -0.900. The average Bonchev–Trinajstić information content (AvgIpc) is 2.93. The van der Waals surface area contributed by atoms with Crippen molar-refractivity contribution in [1.29, 1.82) is 0 Å². The second-order valence-electron chi connectivity index (χ2n) is 10.6. The van der Waals surface area contributed by atoms with Crippen LogP contribution in [0.1, 0.15) is 84.5 Å². The van der Waals surface area contributed by atoms with E-state index in [-0.39, 0.29) is 23.4 Å². The molecule has 8 unspecified atom stereocenters. The van der Waals surface area contributed by atoms with Crippen molar-refractivity contribution in [1.82, 2.24) is 0 Å². The Labute approximate surface area is 163 Å². The minimum Gasteiger partial charge on any atom is -0.481 e. The molecule has 0 aliphatic heterocycles.